The van der Waals surface area contributed by atoms with E-state index in [1.54, 1.807) is 11.5 Å². The summed E-state index contributed by atoms with van der Waals surface area (Å²) >= 11 is 2.34. The van der Waals surface area contributed by atoms with Crippen LogP contribution < -0.4 is 5.69 Å². The molecule has 0 saturated heterocycles. The van der Waals surface area contributed by atoms with E-state index in [9.17, 15) is 9.59 Å². The van der Waals surface area contributed by atoms with Gasteiger partial charge in [0.25, 0.3) is 0 Å². The van der Waals surface area contributed by atoms with Crippen LogP contribution in [0.2, 0.25) is 0 Å². The fourth-order valence-corrected chi connectivity index (χ4v) is 3.38. The molecular weight excluding hydrogens is 302 g/mol. The summed E-state index contributed by atoms with van der Waals surface area (Å²) in [6.07, 6.45) is 1.97. The van der Waals surface area contributed by atoms with Crippen LogP contribution in [0.5, 0.6) is 0 Å². The van der Waals surface area contributed by atoms with Crippen LogP contribution in [0.1, 0.15) is 35.6 Å². The Morgan fingerprint density at radius 1 is 1.55 bits per heavy atom. The average Bonchev–Trinajstić information content (AvgIpc) is 3.03. The minimum absolute atomic E-state index is 0.199. The molecule has 1 saturated carbocycles. The summed E-state index contributed by atoms with van der Waals surface area (Å²) in [5.74, 6) is -0.488. The normalized spacial score (nSPS) is 14.4. The van der Waals surface area contributed by atoms with Gasteiger partial charge in [-0.3, -0.25) is 4.57 Å². The van der Waals surface area contributed by atoms with Crippen molar-refractivity contribution in [3.63, 3.8) is 0 Å². The van der Waals surface area contributed by atoms with Crippen LogP contribution in [0, 0.1) is 0 Å². The van der Waals surface area contributed by atoms with Gasteiger partial charge in [-0.15, -0.1) is 15.3 Å². The second kappa shape index (κ2) is 5.37. The Labute approximate surface area is 121 Å². The molecule has 0 aliphatic heterocycles. The van der Waals surface area contributed by atoms with Gasteiger partial charge in [0.2, 0.25) is 5.01 Å². The van der Waals surface area contributed by atoms with Gasteiger partial charge in [0, 0.05) is 6.04 Å². The lowest BCUT2D eigenvalue weighted by molar-refractivity contribution is 0.0525. The maximum atomic E-state index is 11.6. The van der Waals surface area contributed by atoms with Gasteiger partial charge in [0.1, 0.15) is 0 Å². The highest BCUT2D eigenvalue weighted by molar-refractivity contribution is 8.00. The summed E-state index contributed by atoms with van der Waals surface area (Å²) in [7, 11) is 0. The molecule has 3 rings (SSSR count). The molecule has 2 aromatic heterocycles. The van der Waals surface area contributed by atoms with Gasteiger partial charge in [-0.2, -0.15) is 0 Å². The quantitative estimate of drug-likeness (QED) is 0.824. The predicted molar refractivity (Wildman–Crippen MR) is 71.1 cm³/mol. The van der Waals surface area contributed by atoms with E-state index < -0.39 is 5.97 Å². The molecule has 10 heteroatoms. The van der Waals surface area contributed by atoms with Gasteiger partial charge in [-0.05, 0) is 31.5 Å². The van der Waals surface area contributed by atoms with Gasteiger partial charge in [-0.1, -0.05) is 11.3 Å². The molecular formula is C10H11N5O3S2. The molecule has 1 aliphatic rings. The van der Waals surface area contributed by atoms with Crippen molar-refractivity contribution in [1.82, 2.24) is 25.0 Å². The number of ether oxygens (including phenoxy) is 1. The molecule has 0 bridgehead atoms. The molecule has 0 amide bonds. The first-order valence-electron chi connectivity index (χ1n) is 6.04. The molecule has 8 nitrogen and oxygen atoms in total. The number of aromatic amines is 1. The zero-order valence-corrected chi connectivity index (χ0v) is 12.2. The van der Waals surface area contributed by atoms with E-state index in [4.69, 9.17) is 4.74 Å². The molecule has 1 fully saturated rings. The van der Waals surface area contributed by atoms with Crippen molar-refractivity contribution >= 4 is 29.1 Å². The van der Waals surface area contributed by atoms with Crippen molar-refractivity contribution in [2.24, 2.45) is 0 Å². The maximum Gasteiger partial charge on any atom is 0.369 e. The fourth-order valence-electron chi connectivity index (χ4n) is 1.62. The third-order valence-electron chi connectivity index (χ3n) is 2.62. The van der Waals surface area contributed by atoms with E-state index in [0.29, 0.717) is 16.1 Å². The van der Waals surface area contributed by atoms with Crippen molar-refractivity contribution in [3.05, 3.63) is 15.5 Å². The number of hydrogen-bond donors (Lipinski definition) is 1. The Morgan fingerprint density at radius 3 is 3.05 bits per heavy atom. The summed E-state index contributed by atoms with van der Waals surface area (Å²) in [4.78, 5) is 23.1. The molecule has 106 valence electrons. The van der Waals surface area contributed by atoms with E-state index >= 15 is 0 Å². The van der Waals surface area contributed by atoms with Crippen LogP contribution in [0.4, 0.5) is 0 Å². The van der Waals surface area contributed by atoms with Crippen LogP contribution in [0.15, 0.2) is 14.3 Å². The minimum Gasteiger partial charge on any atom is -0.461 e. The summed E-state index contributed by atoms with van der Waals surface area (Å²) in [5, 5.41) is 14.8. The molecule has 1 aliphatic carbocycles. The predicted octanol–water partition coefficient (Wildman–Crippen LogP) is 1.09. The zero-order valence-electron chi connectivity index (χ0n) is 10.5. The lowest BCUT2D eigenvalue weighted by Gasteiger charge is -1.99. The van der Waals surface area contributed by atoms with E-state index in [1.165, 1.54) is 11.8 Å². The standard InChI is InChI=1S/C10H11N5O3S2/c1-2-18-7(16)6-11-14-10(19-6)20-9-13-12-8(17)15(9)5-3-4-5/h5H,2-4H2,1H3,(H,12,17). The van der Waals surface area contributed by atoms with Gasteiger partial charge >= 0.3 is 11.7 Å². The maximum absolute atomic E-state index is 11.6. The summed E-state index contributed by atoms with van der Waals surface area (Å²) in [5.41, 5.74) is -0.217. The number of rotatable bonds is 5. The third kappa shape index (κ3) is 2.61. The Bertz CT molecular complexity index is 687. The van der Waals surface area contributed by atoms with E-state index in [2.05, 4.69) is 20.4 Å². The summed E-state index contributed by atoms with van der Waals surface area (Å²) < 4.78 is 7.02. The fraction of sp³-hybridized carbons (Fsp3) is 0.500. The Balaban J connectivity index is 1.78. The molecule has 1 N–H and O–H groups in total. The number of hydrogen-bond acceptors (Lipinski definition) is 8. The number of nitrogens with one attached hydrogen (secondary N) is 1. The van der Waals surface area contributed by atoms with Crippen molar-refractivity contribution < 1.29 is 9.53 Å². The number of nitrogens with zero attached hydrogens (tertiary/aromatic N) is 4. The SMILES string of the molecule is CCOC(=O)c1nnc(Sc2n[nH]c(=O)n2C2CC2)s1. The van der Waals surface area contributed by atoms with E-state index in [0.717, 1.165) is 24.2 Å². The topological polar surface area (TPSA) is 103 Å². The van der Waals surface area contributed by atoms with Crippen molar-refractivity contribution in [2.45, 2.75) is 35.3 Å². The van der Waals surface area contributed by atoms with Crippen molar-refractivity contribution in [2.75, 3.05) is 6.61 Å². The minimum atomic E-state index is -0.488. The Kier molecular flexibility index (Phi) is 3.57. The third-order valence-corrected chi connectivity index (χ3v) is 4.54. The summed E-state index contributed by atoms with van der Waals surface area (Å²) in [6.45, 7) is 2.02. The van der Waals surface area contributed by atoms with Gasteiger partial charge < -0.3 is 4.74 Å². The smallest absolute Gasteiger partial charge is 0.369 e. The second-order valence-corrected chi connectivity index (χ2v) is 6.30. The number of carbonyl (C=O) groups excluding carboxylic acids is 1. The number of esters is 1. The molecule has 20 heavy (non-hydrogen) atoms. The molecule has 0 unspecified atom stereocenters. The number of aromatic nitrogens is 5. The first-order chi connectivity index (χ1) is 9.69. The lowest BCUT2D eigenvalue weighted by Crippen LogP contribution is -2.15. The Hall–Kier alpha value is -1.68. The molecule has 2 heterocycles. The number of H-pyrrole nitrogens is 1. The van der Waals surface area contributed by atoms with Crippen molar-refractivity contribution in [1.29, 1.82) is 0 Å². The van der Waals surface area contributed by atoms with Gasteiger partial charge in [0.05, 0.1) is 6.61 Å². The highest BCUT2D eigenvalue weighted by Crippen LogP contribution is 2.38. The zero-order chi connectivity index (χ0) is 14.1. The van der Waals surface area contributed by atoms with Crippen LogP contribution in [0.3, 0.4) is 0 Å². The van der Waals surface area contributed by atoms with Gasteiger partial charge in [-0.25, -0.2) is 14.7 Å². The largest absolute Gasteiger partial charge is 0.461 e. The van der Waals surface area contributed by atoms with Crippen molar-refractivity contribution in [3.8, 4) is 0 Å². The molecule has 0 aromatic carbocycles. The average molecular weight is 313 g/mol. The van der Waals surface area contributed by atoms with E-state index in [1.807, 2.05) is 0 Å². The highest BCUT2D eigenvalue weighted by atomic mass is 32.2. The summed E-state index contributed by atoms with van der Waals surface area (Å²) in [6, 6.07) is 0.223. The first kappa shape index (κ1) is 13.3. The van der Waals surface area contributed by atoms with E-state index in [-0.39, 0.29) is 16.7 Å². The molecule has 2 aromatic rings. The van der Waals surface area contributed by atoms with Gasteiger partial charge in [0.15, 0.2) is 9.50 Å². The Morgan fingerprint density at radius 2 is 2.35 bits per heavy atom. The van der Waals surface area contributed by atoms with Crippen LogP contribution in [0.25, 0.3) is 0 Å². The molecule has 0 radical (unpaired) electrons. The van der Waals surface area contributed by atoms with Crippen LogP contribution in [-0.4, -0.2) is 37.5 Å². The second-order valence-electron chi connectivity index (χ2n) is 4.11. The lowest BCUT2D eigenvalue weighted by atomic mass is 10.7. The molecule has 0 spiro atoms. The van der Waals surface area contributed by atoms with Crippen LogP contribution in [-0.2, 0) is 4.74 Å². The molecule has 0 atom stereocenters. The first-order valence-corrected chi connectivity index (χ1v) is 7.67. The monoisotopic (exact) mass is 313 g/mol. The van der Waals surface area contributed by atoms with Crippen LogP contribution >= 0.6 is 23.1 Å². The highest BCUT2D eigenvalue weighted by Gasteiger charge is 2.29. The number of carbonyl (C=O) groups is 1.